The normalized spacial score (nSPS) is 12.4. The summed E-state index contributed by atoms with van der Waals surface area (Å²) < 4.78 is 51.0. The van der Waals surface area contributed by atoms with Gasteiger partial charge in [0.15, 0.2) is 9.84 Å². The highest BCUT2D eigenvalue weighted by molar-refractivity contribution is 7.91. The van der Waals surface area contributed by atoms with Crippen molar-refractivity contribution < 1.29 is 26.8 Å². The van der Waals surface area contributed by atoms with Crippen molar-refractivity contribution in [1.29, 1.82) is 0 Å². The first-order valence-corrected chi connectivity index (χ1v) is 9.64. The molecule has 2 aromatic carbocycles. The Labute approximate surface area is 155 Å². The van der Waals surface area contributed by atoms with Gasteiger partial charge < -0.3 is 11.1 Å². The van der Waals surface area contributed by atoms with Crippen LogP contribution in [0.4, 0.5) is 8.78 Å². The van der Waals surface area contributed by atoms with E-state index >= 15 is 0 Å². The molecule has 3 N–H and O–H groups in total. The average molecular weight is 396 g/mol. The molecule has 0 fully saturated rings. The number of benzene rings is 2. The second-order valence-corrected chi connectivity index (χ2v) is 7.96. The third-order valence-electron chi connectivity index (χ3n) is 3.82. The van der Waals surface area contributed by atoms with E-state index in [2.05, 4.69) is 5.32 Å². The van der Waals surface area contributed by atoms with Crippen LogP contribution in [0.2, 0.25) is 0 Å². The second kappa shape index (κ2) is 8.72. The second-order valence-electron chi connectivity index (χ2n) is 5.86. The van der Waals surface area contributed by atoms with Crippen molar-refractivity contribution >= 4 is 21.7 Å². The van der Waals surface area contributed by atoms with E-state index < -0.39 is 51.5 Å². The van der Waals surface area contributed by atoms with Crippen LogP contribution in [0.3, 0.4) is 0 Å². The van der Waals surface area contributed by atoms with Gasteiger partial charge in [0.05, 0.1) is 17.1 Å². The maximum atomic E-state index is 13.6. The van der Waals surface area contributed by atoms with Crippen LogP contribution in [0.5, 0.6) is 0 Å². The molecule has 2 aromatic rings. The standard InChI is InChI=1S/C18H18F2N2O4S/c19-13-7-6-12(15(20)11-13)10-17(23)22-16(18(21)24)8-9-27(25,26)14-4-2-1-3-5-14/h1-7,11,16H,8-10H2,(H2,21,24)(H,22,23)/t16-/m0/s1. The Morgan fingerprint density at radius 2 is 1.74 bits per heavy atom. The van der Waals surface area contributed by atoms with Crippen LogP contribution in [-0.2, 0) is 25.8 Å². The average Bonchev–Trinajstić information content (AvgIpc) is 2.61. The quantitative estimate of drug-likeness (QED) is 0.702. The summed E-state index contributed by atoms with van der Waals surface area (Å²) in [6.07, 6.45) is -0.675. The molecule has 9 heteroatoms. The van der Waals surface area contributed by atoms with Crippen molar-refractivity contribution in [2.75, 3.05) is 5.75 Å². The molecule has 0 spiro atoms. The number of halogens is 2. The Morgan fingerprint density at radius 1 is 1.07 bits per heavy atom. The predicted octanol–water partition coefficient (Wildman–Crippen LogP) is 1.34. The van der Waals surface area contributed by atoms with Gasteiger partial charge in [0.1, 0.15) is 17.7 Å². The monoisotopic (exact) mass is 396 g/mol. The minimum atomic E-state index is -3.66. The zero-order valence-electron chi connectivity index (χ0n) is 14.2. The molecule has 6 nitrogen and oxygen atoms in total. The van der Waals surface area contributed by atoms with E-state index in [-0.39, 0.29) is 16.9 Å². The summed E-state index contributed by atoms with van der Waals surface area (Å²) in [5.74, 6) is -3.73. The topological polar surface area (TPSA) is 106 Å². The van der Waals surface area contributed by atoms with Crippen LogP contribution in [0.1, 0.15) is 12.0 Å². The van der Waals surface area contributed by atoms with Gasteiger partial charge in [0, 0.05) is 6.07 Å². The molecule has 0 aliphatic carbocycles. The third kappa shape index (κ3) is 5.85. The molecule has 0 aliphatic heterocycles. The first kappa shape index (κ1) is 20.5. The first-order chi connectivity index (χ1) is 12.7. The van der Waals surface area contributed by atoms with Gasteiger partial charge in [-0.1, -0.05) is 24.3 Å². The fraction of sp³-hybridized carbons (Fsp3) is 0.222. The number of carbonyl (C=O) groups is 2. The number of rotatable bonds is 8. The summed E-state index contributed by atoms with van der Waals surface area (Å²) in [5.41, 5.74) is 5.16. The van der Waals surface area contributed by atoms with Gasteiger partial charge in [0.2, 0.25) is 11.8 Å². The number of amides is 2. The van der Waals surface area contributed by atoms with Gasteiger partial charge in [-0.2, -0.15) is 0 Å². The molecule has 0 bridgehead atoms. The Bertz CT molecular complexity index is 934. The van der Waals surface area contributed by atoms with Crippen molar-refractivity contribution in [2.45, 2.75) is 23.8 Å². The number of nitrogens with two attached hydrogens (primary N) is 1. The number of primary amides is 1. The predicted molar refractivity (Wildman–Crippen MR) is 94.3 cm³/mol. The number of sulfone groups is 1. The van der Waals surface area contributed by atoms with Crippen LogP contribution < -0.4 is 11.1 Å². The SMILES string of the molecule is NC(=O)[C@H](CCS(=O)(=O)c1ccccc1)NC(=O)Cc1ccc(F)cc1F. The lowest BCUT2D eigenvalue weighted by molar-refractivity contribution is -0.127. The number of hydrogen-bond donors (Lipinski definition) is 2. The van der Waals surface area contributed by atoms with Gasteiger partial charge in [-0.3, -0.25) is 9.59 Å². The highest BCUT2D eigenvalue weighted by Gasteiger charge is 2.23. The minimum Gasteiger partial charge on any atom is -0.368 e. The molecule has 0 heterocycles. The van der Waals surface area contributed by atoms with Crippen molar-refractivity contribution in [3.8, 4) is 0 Å². The summed E-state index contributed by atoms with van der Waals surface area (Å²) in [6.45, 7) is 0. The maximum Gasteiger partial charge on any atom is 0.240 e. The van der Waals surface area contributed by atoms with Crippen LogP contribution in [0.15, 0.2) is 53.4 Å². The molecule has 2 rings (SSSR count). The van der Waals surface area contributed by atoms with Crippen molar-refractivity contribution in [2.24, 2.45) is 5.73 Å². The van der Waals surface area contributed by atoms with Gasteiger partial charge in [0.25, 0.3) is 0 Å². The molecule has 0 saturated carbocycles. The molecule has 0 aromatic heterocycles. The van der Waals surface area contributed by atoms with Crippen molar-refractivity contribution in [3.63, 3.8) is 0 Å². The Balaban J connectivity index is 2.01. The largest absolute Gasteiger partial charge is 0.368 e. The Morgan fingerprint density at radius 3 is 2.33 bits per heavy atom. The lowest BCUT2D eigenvalue weighted by Crippen LogP contribution is -2.46. The molecule has 1 atom stereocenters. The number of nitrogens with one attached hydrogen (secondary N) is 1. The van der Waals surface area contributed by atoms with E-state index in [4.69, 9.17) is 5.73 Å². The lowest BCUT2D eigenvalue weighted by atomic mass is 10.1. The molecule has 27 heavy (non-hydrogen) atoms. The van der Waals surface area contributed by atoms with Gasteiger partial charge in [-0.15, -0.1) is 0 Å². The molecular formula is C18H18F2N2O4S. The summed E-state index contributed by atoms with van der Waals surface area (Å²) in [5, 5.41) is 2.29. The third-order valence-corrected chi connectivity index (χ3v) is 5.59. The smallest absolute Gasteiger partial charge is 0.240 e. The molecule has 0 unspecified atom stereocenters. The molecule has 0 saturated heterocycles. The zero-order valence-corrected chi connectivity index (χ0v) is 15.0. The van der Waals surface area contributed by atoms with Crippen LogP contribution in [0.25, 0.3) is 0 Å². The molecular weight excluding hydrogens is 378 g/mol. The Hall–Kier alpha value is -2.81. The number of hydrogen-bond acceptors (Lipinski definition) is 4. The highest BCUT2D eigenvalue weighted by atomic mass is 32.2. The van der Waals surface area contributed by atoms with Crippen LogP contribution >= 0.6 is 0 Å². The molecule has 0 aliphatic rings. The summed E-state index contributed by atoms with van der Waals surface area (Å²) in [6, 6.07) is 9.16. The van der Waals surface area contributed by atoms with E-state index in [1.807, 2.05) is 0 Å². The fourth-order valence-corrected chi connectivity index (χ4v) is 3.74. The summed E-state index contributed by atoms with van der Waals surface area (Å²) in [4.78, 5) is 23.7. The van der Waals surface area contributed by atoms with Crippen molar-refractivity contribution in [1.82, 2.24) is 5.32 Å². The lowest BCUT2D eigenvalue weighted by Gasteiger charge is -2.16. The van der Waals surface area contributed by atoms with Crippen molar-refractivity contribution in [3.05, 3.63) is 65.7 Å². The molecule has 0 radical (unpaired) electrons. The van der Waals surface area contributed by atoms with E-state index in [1.165, 1.54) is 12.1 Å². The maximum absolute atomic E-state index is 13.6. The van der Waals surface area contributed by atoms with E-state index in [0.29, 0.717) is 6.07 Å². The van der Waals surface area contributed by atoms with Crippen LogP contribution in [-0.4, -0.2) is 32.0 Å². The summed E-state index contributed by atoms with van der Waals surface area (Å²) >= 11 is 0. The highest BCUT2D eigenvalue weighted by Crippen LogP contribution is 2.13. The summed E-state index contributed by atoms with van der Waals surface area (Å²) in [7, 11) is -3.66. The fourth-order valence-electron chi connectivity index (χ4n) is 2.39. The number of carbonyl (C=O) groups excluding carboxylic acids is 2. The Kier molecular flexibility index (Phi) is 6.62. The molecule has 144 valence electrons. The van der Waals surface area contributed by atoms with Gasteiger partial charge >= 0.3 is 0 Å². The minimum absolute atomic E-state index is 0.0611. The van der Waals surface area contributed by atoms with E-state index in [9.17, 15) is 26.8 Å². The van der Waals surface area contributed by atoms with Gasteiger partial charge in [-0.05, 0) is 30.2 Å². The van der Waals surface area contributed by atoms with E-state index in [1.54, 1.807) is 18.2 Å². The molecule has 2 amide bonds. The van der Waals surface area contributed by atoms with E-state index in [0.717, 1.165) is 12.1 Å². The van der Waals surface area contributed by atoms with Gasteiger partial charge in [-0.25, -0.2) is 17.2 Å². The zero-order chi connectivity index (χ0) is 20.0. The first-order valence-electron chi connectivity index (χ1n) is 7.99. The van der Waals surface area contributed by atoms with Crippen LogP contribution in [0, 0.1) is 11.6 Å².